The Morgan fingerprint density at radius 3 is 2.61 bits per heavy atom. The van der Waals surface area contributed by atoms with E-state index in [1.165, 1.54) is 16.3 Å². The van der Waals surface area contributed by atoms with Gasteiger partial charge in [-0.25, -0.2) is 4.98 Å². The molecule has 3 aromatic carbocycles. The number of carbonyl (C=O) groups excluding carboxylic acids is 1. The fraction of sp³-hybridized carbons (Fsp3) is 0.120. The molecule has 0 fully saturated rings. The zero-order valence-electron chi connectivity index (χ0n) is 17.7. The first-order valence-corrected chi connectivity index (χ1v) is 11.5. The first-order chi connectivity index (χ1) is 16.0. The van der Waals surface area contributed by atoms with Crippen LogP contribution in [-0.2, 0) is 11.3 Å². The summed E-state index contributed by atoms with van der Waals surface area (Å²) in [6.45, 7) is 0.424. The molecule has 1 amide bonds. The van der Waals surface area contributed by atoms with Gasteiger partial charge in [-0.05, 0) is 54.1 Å². The van der Waals surface area contributed by atoms with E-state index in [1.807, 2.05) is 24.3 Å². The topological polar surface area (TPSA) is 79.0 Å². The largest absolute Gasteiger partial charge is 0.341 e. The Bertz CT molecular complexity index is 1430. The molecule has 33 heavy (non-hydrogen) atoms. The molecule has 0 aliphatic carbocycles. The highest BCUT2D eigenvalue weighted by Crippen LogP contribution is 2.22. The van der Waals surface area contributed by atoms with Gasteiger partial charge in [-0.1, -0.05) is 47.6 Å². The van der Waals surface area contributed by atoms with E-state index >= 15 is 0 Å². The molecule has 0 radical (unpaired) electrons. The quantitative estimate of drug-likeness (QED) is 0.300. The van der Waals surface area contributed by atoms with Crippen LogP contribution in [-0.4, -0.2) is 33.2 Å². The van der Waals surface area contributed by atoms with Gasteiger partial charge >= 0.3 is 0 Å². The number of aromatic nitrogens is 2. The molecule has 1 heterocycles. The van der Waals surface area contributed by atoms with Gasteiger partial charge < -0.3 is 4.90 Å². The lowest BCUT2D eigenvalue weighted by Gasteiger charge is -2.18. The van der Waals surface area contributed by atoms with Gasteiger partial charge in [-0.2, -0.15) is 5.26 Å². The number of nitriles is 1. The fourth-order valence-electron chi connectivity index (χ4n) is 3.36. The molecular weight excluding hydrogens is 456 g/mol. The summed E-state index contributed by atoms with van der Waals surface area (Å²) in [6.07, 6.45) is 0. The van der Waals surface area contributed by atoms with Crippen LogP contribution in [0.2, 0.25) is 5.02 Å². The van der Waals surface area contributed by atoms with Gasteiger partial charge in [-0.3, -0.25) is 14.2 Å². The molecule has 4 rings (SSSR count). The number of nitrogens with zero attached hydrogens (tertiary/aromatic N) is 4. The summed E-state index contributed by atoms with van der Waals surface area (Å²) in [4.78, 5) is 32.4. The van der Waals surface area contributed by atoms with E-state index in [1.54, 1.807) is 60.5 Å². The molecule has 0 spiro atoms. The van der Waals surface area contributed by atoms with Crippen LogP contribution >= 0.6 is 23.4 Å². The molecule has 164 valence electrons. The number of benzene rings is 3. The van der Waals surface area contributed by atoms with Crippen molar-refractivity contribution in [1.82, 2.24) is 14.5 Å². The second-order valence-electron chi connectivity index (χ2n) is 7.38. The van der Waals surface area contributed by atoms with Crippen molar-refractivity contribution >= 4 is 40.2 Å². The summed E-state index contributed by atoms with van der Waals surface area (Å²) in [6, 6.07) is 23.3. The molecular formula is C25H19ClN4O2S. The summed E-state index contributed by atoms with van der Waals surface area (Å²) in [7, 11) is 1.73. The molecule has 6 nitrogen and oxygen atoms in total. The van der Waals surface area contributed by atoms with Gasteiger partial charge in [0, 0.05) is 18.6 Å². The lowest BCUT2D eigenvalue weighted by atomic mass is 10.2. The highest BCUT2D eigenvalue weighted by Gasteiger charge is 2.16. The first kappa shape index (κ1) is 22.6. The summed E-state index contributed by atoms with van der Waals surface area (Å²) >= 11 is 7.24. The average molecular weight is 475 g/mol. The van der Waals surface area contributed by atoms with Crippen LogP contribution < -0.4 is 5.56 Å². The van der Waals surface area contributed by atoms with E-state index < -0.39 is 0 Å². The van der Waals surface area contributed by atoms with Crippen LogP contribution in [0.25, 0.3) is 16.6 Å². The zero-order valence-corrected chi connectivity index (χ0v) is 19.3. The molecule has 0 bridgehead atoms. The number of thioether (sulfide) groups is 1. The molecule has 0 N–H and O–H groups in total. The SMILES string of the molecule is CN(Cc1cccc(Cl)c1)C(=O)CSc1nc2ccccc2c(=O)n1-c1ccc(C#N)cc1. The summed E-state index contributed by atoms with van der Waals surface area (Å²) in [5, 5.41) is 10.6. The summed E-state index contributed by atoms with van der Waals surface area (Å²) in [5.74, 6) is 0.00625. The van der Waals surface area contributed by atoms with Gasteiger partial charge in [0.15, 0.2) is 5.16 Å². The Morgan fingerprint density at radius 2 is 1.88 bits per heavy atom. The van der Waals surface area contributed by atoms with E-state index in [0.29, 0.717) is 38.9 Å². The van der Waals surface area contributed by atoms with Crippen molar-refractivity contribution in [2.24, 2.45) is 0 Å². The highest BCUT2D eigenvalue weighted by molar-refractivity contribution is 7.99. The number of amides is 1. The van der Waals surface area contributed by atoms with Gasteiger partial charge in [-0.15, -0.1) is 0 Å². The van der Waals surface area contributed by atoms with Crippen molar-refractivity contribution in [3.05, 3.63) is 99.3 Å². The molecule has 0 saturated heterocycles. The second kappa shape index (κ2) is 9.90. The Labute approximate surface area is 200 Å². The fourth-order valence-corrected chi connectivity index (χ4v) is 4.52. The molecule has 0 unspecified atom stereocenters. The van der Waals surface area contributed by atoms with Crippen LogP contribution in [0.4, 0.5) is 0 Å². The van der Waals surface area contributed by atoms with Crippen molar-refractivity contribution < 1.29 is 4.79 Å². The van der Waals surface area contributed by atoms with Crippen LogP contribution in [0, 0.1) is 11.3 Å². The smallest absolute Gasteiger partial charge is 0.266 e. The Morgan fingerprint density at radius 1 is 1.12 bits per heavy atom. The average Bonchev–Trinajstić information content (AvgIpc) is 2.83. The van der Waals surface area contributed by atoms with Crippen molar-refractivity contribution in [2.45, 2.75) is 11.7 Å². The Balaban J connectivity index is 1.63. The Hall–Kier alpha value is -3.60. The van der Waals surface area contributed by atoms with Gasteiger partial charge in [0.2, 0.25) is 5.91 Å². The predicted octanol–water partition coefficient (Wildman–Crippen LogP) is 4.66. The van der Waals surface area contributed by atoms with Crippen LogP contribution in [0.3, 0.4) is 0 Å². The lowest BCUT2D eigenvalue weighted by Crippen LogP contribution is -2.28. The molecule has 0 atom stereocenters. The first-order valence-electron chi connectivity index (χ1n) is 10.1. The Kier molecular flexibility index (Phi) is 6.78. The number of para-hydroxylation sites is 1. The maximum absolute atomic E-state index is 13.3. The van der Waals surface area contributed by atoms with E-state index in [4.69, 9.17) is 16.9 Å². The monoisotopic (exact) mass is 474 g/mol. The summed E-state index contributed by atoms with van der Waals surface area (Å²) < 4.78 is 1.48. The number of hydrogen-bond donors (Lipinski definition) is 0. The standard InChI is InChI=1S/C25H19ClN4O2S/c1-29(15-18-5-4-6-19(26)13-18)23(31)16-33-25-28-22-8-3-2-7-21(22)24(32)30(25)20-11-9-17(14-27)10-12-20/h2-13H,15-16H2,1H3. The predicted molar refractivity (Wildman–Crippen MR) is 131 cm³/mol. The number of carbonyl (C=O) groups is 1. The van der Waals surface area contributed by atoms with Crippen LogP contribution in [0.1, 0.15) is 11.1 Å². The van der Waals surface area contributed by atoms with E-state index in [-0.39, 0.29) is 17.2 Å². The highest BCUT2D eigenvalue weighted by atomic mass is 35.5. The van der Waals surface area contributed by atoms with Crippen molar-refractivity contribution in [1.29, 1.82) is 5.26 Å². The molecule has 0 saturated carbocycles. The maximum Gasteiger partial charge on any atom is 0.266 e. The van der Waals surface area contributed by atoms with E-state index in [2.05, 4.69) is 11.1 Å². The number of hydrogen-bond acceptors (Lipinski definition) is 5. The number of halogens is 1. The van der Waals surface area contributed by atoms with Crippen molar-refractivity contribution in [3.63, 3.8) is 0 Å². The second-order valence-corrected chi connectivity index (χ2v) is 8.76. The van der Waals surface area contributed by atoms with Crippen molar-refractivity contribution in [3.8, 4) is 11.8 Å². The maximum atomic E-state index is 13.3. The number of rotatable bonds is 6. The van der Waals surface area contributed by atoms with Gasteiger partial charge in [0.05, 0.1) is 34.0 Å². The molecule has 8 heteroatoms. The third-order valence-corrected chi connectivity index (χ3v) is 6.22. The lowest BCUT2D eigenvalue weighted by molar-refractivity contribution is -0.127. The van der Waals surface area contributed by atoms with E-state index in [0.717, 1.165) is 5.56 Å². The minimum Gasteiger partial charge on any atom is -0.341 e. The molecule has 4 aromatic rings. The molecule has 0 aliphatic heterocycles. The van der Waals surface area contributed by atoms with Crippen LogP contribution in [0.5, 0.6) is 0 Å². The number of fused-ring (bicyclic) bond motifs is 1. The molecule has 0 aliphatic rings. The normalized spacial score (nSPS) is 10.7. The minimum absolute atomic E-state index is 0.103. The van der Waals surface area contributed by atoms with Crippen LogP contribution in [0.15, 0.2) is 82.7 Å². The van der Waals surface area contributed by atoms with Gasteiger partial charge in [0.1, 0.15) is 0 Å². The summed E-state index contributed by atoms with van der Waals surface area (Å²) in [5.41, 5.74) is 2.34. The molecule has 1 aromatic heterocycles. The minimum atomic E-state index is -0.229. The zero-order chi connectivity index (χ0) is 23.4. The third-order valence-electron chi connectivity index (χ3n) is 5.06. The third kappa shape index (κ3) is 5.08. The van der Waals surface area contributed by atoms with Crippen molar-refractivity contribution in [2.75, 3.05) is 12.8 Å². The van der Waals surface area contributed by atoms with E-state index in [9.17, 15) is 9.59 Å². The van der Waals surface area contributed by atoms with Gasteiger partial charge in [0.25, 0.3) is 5.56 Å².